The van der Waals surface area contributed by atoms with Crippen molar-refractivity contribution in [3.05, 3.63) is 35.4 Å². The lowest BCUT2D eigenvalue weighted by Gasteiger charge is -2.33. The minimum absolute atomic E-state index is 0.279. The van der Waals surface area contributed by atoms with E-state index in [1.807, 2.05) is 20.8 Å². The molecule has 2 rings (SSSR count). The van der Waals surface area contributed by atoms with Gasteiger partial charge in [-0.15, -0.1) is 0 Å². The summed E-state index contributed by atoms with van der Waals surface area (Å²) < 4.78 is 31.5. The van der Waals surface area contributed by atoms with Gasteiger partial charge in [-0.25, -0.2) is 13.6 Å². The molecule has 0 bridgehead atoms. The molecule has 0 aromatic heterocycles. The molecule has 0 saturated carbocycles. The molecule has 0 atom stereocenters. The maximum absolute atomic E-state index is 13.2. The molecule has 1 saturated heterocycles. The average molecular weight is 311 g/mol. The van der Waals surface area contributed by atoms with E-state index in [0.29, 0.717) is 25.4 Å². The van der Waals surface area contributed by atoms with E-state index in [9.17, 15) is 13.6 Å². The number of ether oxygens (including phenoxy) is 1. The van der Waals surface area contributed by atoms with E-state index in [1.165, 1.54) is 12.1 Å². The van der Waals surface area contributed by atoms with Crippen molar-refractivity contribution in [1.29, 1.82) is 0 Å². The first-order chi connectivity index (χ1) is 10.2. The fourth-order valence-electron chi connectivity index (χ4n) is 2.65. The fraction of sp³-hybridized carbons (Fsp3) is 0.588. The van der Waals surface area contributed by atoms with E-state index < -0.39 is 17.2 Å². The van der Waals surface area contributed by atoms with Gasteiger partial charge in [-0.2, -0.15) is 0 Å². The third-order valence-corrected chi connectivity index (χ3v) is 3.77. The van der Waals surface area contributed by atoms with Crippen molar-refractivity contribution in [2.45, 2.75) is 45.6 Å². The van der Waals surface area contributed by atoms with E-state index in [0.717, 1.165) is 18.4 Å². The van der Waals surface area contributed by atoms with Gasteiger partial charge in [0.05, 0.1) is 0 Å². The van der Waals surface area contributed by atoms with Crippen LogP contribution in [-0.4, -0.2) is 29.7 Å². The largest absolute Gasteiger partial charge is 0.444 e. The highest BCUT2D eigenvalue weighted by Gasteiger charge is 2.26. The van der Waals surface area contributed by atoms with Gasteiger partial charge in [0.1, 0.15) is 5.60 Å². The van der Waals surface area contributed by atoms with Crippen LogP contribution in [0.2, 0.25) is 0 Å². The molecule has 3 nitrogen and oxygen atoms in total. The van der Waals surface area contributed by atoms with Crippen LogP contribution in [-0.2, 0) is 11.2 Å². The molecule has 0 N–H and O–H groups in total. The zero-order valence-electron chi connectivity index (χ0n) is 13.4. The topological polar surface area (TPSA) is 29.5 Å². The summed E-state index contributed by atoms with van der Waals surface area (Å²) >= 11 is 0. The van der Waals surface area contributed by atoms with Gasteiger partial charge in [-0.1, -0.05) is 6.07 Å². The molecule has 0 radical (unpaired) electrons. The summed E-state index contributed by atoms with van der Waals surface area (Å²) in [5.41, 5.74) is 0.314. The maximum atomic E-state index is 13.2. The molecule has 1 aromatic carbocycles. The van der Waals surface area contributed by atoms with Crippen LogP contribution in [0.5, 0.6) is 0 Å². The van der Waals surface area contributed by atoms with Crippen molar-refractivity contribution in [3.63, 3.8) is 0 Å². The minimum atomic E-state index is -0.816. The Hall–Kier alpha value is -1.65. The minimum Gasteiger partial charge on any atom is -0.444 e. The van der Waals surface area contributed by atoms with Gasteiger partial charge in [0.2, 0.25) is 0 Å². The molecule has 1 fully saturated rings. The molecule has 1 aliphatic heterocycles. The van der Waals surface area contributed by atoms with Gasteiger partial charge in [-0.05, 0) is 63.6 Å². The SMILES string of the molecule is CC(C)(C)OC(=O)N1CCC(Cc2ccc(F)c(F)c2)CC1. The summed E-state index contributed by atoms with van der Waals surface area (Å²) in [5.74, 6) is -1.24. The van der Waals surface area contributed by atoms with E-state index in [2.05, 4.69) is 0 Å². The lowest BCUT2D eigenvalue weighted by atomic mass is 9.90. The van der Waals surface area contributed by atoms with Crippen LogP contribution in [0.4, 0.5) is 13.6 Å². The van der Waals surface area contributed by atoms with Gasteiger partial charge in [0.25, 0.3) is 0 Å². The fourth-order valence-corrected chi connectivity index (χ4v) is 2.65. The van der Waals surface area contributed by atoms with Crippen LogP contribution in [0, 0.1) is 17.6 Å². The van der Waals surface area contributed by atoms with Crippen LogP contribution in [0.3, 0.4) is 0 Å². The normalized spacial score (nSPS) is 16.7. The Kier molecular flexibility index (Phi) is 5.04. The molecule has 1 aliphatic rings. The van der Waals surface area contributed by atoms with Crippen molar-refractivity contribution >= 4 is 6.09 Å². The molecular formula is C17H23F2NO2. The summed E-state index contributed by atoms with van der Waals surface area (Å²) in [6.07, 6.45) is 2.12. The van der Waals surface area contributed by atoms with Gasteiger partial charge in [-0.3, -0.25) is 0 Å². The Morgan fingerprint density at radius 2 is 1.86 bits per heavy atom. The summed E-state index contributed by atoms with van der Waals surface area (Å²) in [4.78, 5) is 13.7. The quantitative estimate of drug-likeness (QED) is 0.821. The van der Waals surface area contributed by atoms with Crippen molar-refractivity contribution in [2.24, 2.45) is 5.92 Å². The predicted octanol–water partition coefficient (Wildman–Crippen LogP) is 4.15. The number of halogens is 2. The number of rotatable bonds is 2. The average Bonchev–Trinajstić information content (AvgIpc) is 2.42. The number of benzene rings is 1. The highest BCUT2D eigenvalue weighted by atomic mass is 19.2. The molecule has 1 heterocycles. The molecule has 1 amide bonds. The zero-order chi connectivity index (χ0) is 16.3. The molecule has 0 spiro atoms. The number of nitrogens with zero attached hydrogens (tertiary/aromatic N) is 1. The molecular weight excluding hydrogens is 288 g/mol. The number of likely N-dealkylation sites (tertiary alicyclic amines) is 1. The lowest BCUT2D eigenvalue weighted by Crippen LogP contribution is -2.42. The summed E-state index contributed by atoms with van der Waals surface area (Å²) in [7, 11) is 0. The van der Waals surface area contributed by atoms with Gasteiger partial charge in [0.15, 0.2) is 11.6 Å². The monoisotopic (exact) mass is 311 g/mol. The summed E-state index contributed by atoms with van der Waals surface area (Å²) in [5, 5.41) is 0. The smallest absolute Gasteiger partial charge is 0.410 e. The number of hydrogen-bond donors (Lipinski definition) is 0. The first-order valence-corrected chi connectivity index (χ1v) is 7.66. The molecule has 22 heavy (non-hydrogen) atoms. The number of piperidine rings is 1. The maximum Gasteiger partial charge on any atom is 0.410 e. The van der Waals surface area contributed by atoms with Crippen LogP contribution in [0.15, 0.2) is 18.2 Å². The molecule has 1 aromatic rings. The second-order valence-corrected chi connectivity index (χ2v) is 6.86. The molecule has 0 unspecified atom stereocenters. The Bertz CT molecular complexity index is 532. The van der Waals surface area contributed by atoms with Crippen molar-refractivity contribution in [2.75, 3.05) is 13.1 Å². The van der Waals surface area contributed by atoms with E-state index >= 15 is 0 Å². The third kappa shape index (κ3) is 4.68. The van der Waals surface area contributed by atoms with Crippen molar-refractivity contribution in [1.82, 2.24) is 4.90 Å². The van der Waals surface area contributed by atoms with Crippen molar-refractivity contribution < 1.29 is 18.3 Å². The van der Waals surface area contributed by atoms with Crippen LogP contribution >= 0.6 is 0 Å². The number of carbonyl (C=O) groups is 1. The standard InChI is InChI=1S/C17H23F2NO2/c1-17(2,3)22-16(21)20-8-6-12(7-9-20)10-13-4-5-14(18)15(19)11-13/h4-5,11-12H,6-10H2,1-3H3. The molecule has 0 aliphatic carbocycles. The van der Waals surface area contributed by atoms with E-state index in [4.69, 9.17) is 4.74 Å². The Morgan fingerprint density at radius 3 is 2.41 bits per heavy atom. The van der Waals surface area contributed by atoms with Crippen molar-refractivity contribution in [3.8, 4) is 0 Å². The number of carbonyl (C=O) groups excluding carboxylic acids is 1. The van der Waals surface area contributed by atoms with E-state index in [1.54, 1.807) is 11.0 Å². The highest BCUT2D eigenvalue weighted by molar-refractivity contribution is 5.68. The van der Waals surface area contributed by atoms with Gasteiger partial charge >= 0.3 is 6.09 Å². The molecule has 5 heteroatoms. The second kappa shape index (κ2) is 6.63. The van der Waals surface area contributed by atoms with Gasteiger partial charge in [0, 0.05) is 13.1 Å². The number of amides is 1. The van der Waals surface area contributed by atoms with Crippen LogP contribution in [0.1, 0.15) is 39.2 Å². The van der Waals surface area contributed by atoms with Gasteiger partial charge < -0.3 is 9.64 Å². The Morgan fingerprint density at radius 1 is 1.23 bits per heavy atom. The number of hydrogen-bond acceptors (Lipinski definition) is 2. The van der Waals surface area contributed by atoms with E-state index in [-0.39, 0.29) is 6.09 Å². The zero-order valence-corrected chi connectivity index (χ0v) is 13.4. The highest BCUT2D eigenvalue weighted by Crippen LogP contribution is 2.23. The first kappa shape index (κ1) is 16.7. The molecule has 122 valence electrons. The van der Waals surface area contributed by atoms with Crippen LogP contribution in [0.25, 0.3) is 0 Å². The second-order valence-electron chi connectivity index (χ2n) is 6.86. The predicted molar refractivity (Wildman–Crippen MR) is 80.6 cm³/mol. The lowest BCUT2D eigenvalue weighted by molar-refractivity contribution is 0.0184. The summed E-state index contributed by atoms with van der Waals surface area (Å²) in [6, 6.07) is 4.05. The Labute approximate surface area is 130 Å². The third-order valence-electron chi connectivity index (χ3n) is 3.77. The Balaban J connectivity index is 1.84. The first-order valence-electron chi connectivity index (χ1n) is 7.66. The summed E-state index contributed by atoms with van der Waals surface area (Å²) in [6.45, 7) is 6.83. The van der Waals surface area contributed by atoms with Crippen LogP contribution < -0.4 is 0 Å².